The molecule has 0 radical (unpaired) electrons. The van der Waals surface area contributed by atoms with Crippen LogP contribution < -0.4 is 5.32 Å². The SMILES string of the molecule is O=C(/C=C/c1ccc(Cl)s1)NCc1ccc(C(F)(F)F)cc1. The average Bonchev–Trinajstić information content (AvgIpc) is 2.88. The minimum Gasteiger partial charge on any atom is -0.348 e. The van der Waals surface area contributed by atoms with Crippen molar-refractivity contribution in [1.82, 2.24) is 5.32 Å². The van der Waals surface area contributed by atoms with E-state index in [9.17, 15) is 18.0 Å². The van der Waals surface area contributed by atoms with Crippen molar-refractivity contribution in [2.75, 3.05) is 0 Å². The van der Waals surface area contributed by atoms with Gasteiger partial charge >= 0.3 is 6.18 Å². The Hall–Kier alpha value is -1.79. The van der Waals surface area contributed by atoms with E-state index in [1.54, 1.807) is 18.2 Å². The molecule has 0 aliphatic rings. The molecule has 0 bridgehead atoms. The van der Waals surface area contributed by atoms with Crippen LogP contribution in [0.5, 0.6) is 0 Å². The van der Waals surface area contributed by atoms with E-state index in [-0.39, 0.29) is 12.5 Å². The first-order valence-electron chi connectivity index (χ1n) is 6.22. The highest BCUT2D eigenvalue weighted by Gasteiger charge is 2.29. The molecule has 0 aliphatic heterocycles. The van der Waals surface area contributed by atoms with Gasteiger partial charge in [-0.25, -0.2) is 0 Å². The number of thiophene rings is 1. The highest BCUT2D eigenvalue weighted by Crippen LogP contribution is 2.29. The van der Waals surface area contributed by atoms with Crippen LogP contribution in [0.15, 0.2) is 42.5 Å². The maximum Gasteiger partial charge on any atom is 0.416 e. The molecule has 116 valence electrons. The second kappa shape index (κ2) is 6.98. The van der Waals surface area contributed by atoms with Gasteiger partial charge in [-0.2, -0.15) is 13.2 Å². The summed E-state index contributed by atoms with van der Waals surface area (Å²) >= 11 is 7.11. The molecule has 22 heavy (non-hydrogen) atoms. The number of amides is 1. The van der Waals surface area contributed by atoms with E-state index in [1.807, 2.05) is 0 Å². The van der Waals surface area contributed by atoms with E-state index in [1.165, 1.54) is 29.5 Å². The third kappa shape index (κ3) is 4.89. The Labute approximate surface area is 134 Å². The molecule has 1 aromatic carbocycles. The number of hydrogen-bond donors (Lipinski definition) is 1. The van der Waals surface area contributed by atoms with Crippen LogP contribution in [0, 0.1) is 0 Å². The summed E-state index contributed by atoms with van der Waals surface area (Å²) in [6.07, 6.45) is -1.38. The van der Waals surface area contributed by atoms with Gasteiger partial charge < -0.3 is 5.32 Å². The van der Waals surface area contributed by atoms with E-state index >= 15 is 0 Å². The monoisotopic (exact) mass is 345 g/mol. The molecular formula is C15H11ClF3NOS. The van der Waals surface area contributed by atoms with Gasteiger partial charge in [-0.05, 0) is 35.9 Å². The lowest BCUT2D eigenvalue weighted by atomic mass is 10.1. The fourth-order valence-corrected chi connectivity index (χ4v) is 2.60. The van der Waals surface area contributed by atoms with Gasteiger partial charge in [-0.3, -0.25) is 4.79 Å². The fraction of sp³-hybridized carbons (Fsp3) is 0.133. The predicted octanol–water partition coefficient (Wildman–Crippen LogP) is 4.75. The van der Waals surface area contributed by atoms with Crippen molar-refractivity contribution in [3.8, 4) is 0 Å². The molecule has 0 unspecified atom stereocenters. The van der Waals surface area contributed by atoms with E-state index in [0.717, 1.165) is 17.0 Å². The molecule has 2 aromatic rings. The molecule has 7 heteroatoms. The molecular weight excluding hydrogens is 335 g/mol. The zero-order valence-corrected chi connectivity index (χ0v) is 12.7. The Morgan fingerprint density at radius 1 is 1.18 bits per heavy atom. The summed E-state index contributed by atoms with van der Waals surface area (Å²) in [5, 5.41) is 2.60. The number of nitrogens with one attached hydrogen (secondary N) is 1. The zero-order chi connectivity index (χ0) is 16.2. The summed E-state index contributed by atoms with van der Waals surface area (Å²) in [7, 11) is 0. The topological polar surface area (TPSA) is 29.1 Å². The van der Waals surface area contributed by atoms with Crippen LogP contribution in [0.3, 0.4) is 0 Å². The Morgan fingerprint density at radius 3 is 2.41 bits per heavy atom. The smallest absolute Gasteiger partial charge is 0.348 e. The minimum atomic E-state index is -4.35. The number of hydrogen-bond acceptors (Lipinski definition) is 2. The van der Waals surface area contributed by atoms with Gasteiger partial charge in [0.1, 0.15) is 0 Å². The third-order valence-electron chi connectivity index (χ3n) is 2.74. The normalized spacial score (nSPS) is 11.8. The summed E-state index contributed by atoms with van der Waals surface area (Å²) < 4.78 is 37.9. The molecule has 0 aliphatic carbocycles. The van der Waals surface area contributed by atoms with Crippen LogP contribution in [0.4, 0.5) is 13.2 Å². The van der Waals surface area contributed by atoms with Gasteiger partial charge in [0.25, 0.3) is 0 Å². The van der Waals surface area contributed by atoms with E-state index in [4.69, 9.17) is 11.6 Å². The molecule has 0 spiro atoms. The standard InChI is InChI=1S/C15H11ClF3NOS/c16-13-7-5-12(22-13)6-8-14(21)20-9-10-1-3-11(4-2-10)15(17,18)19/h1-8H,9H2,(H,20,21)/b8-6+. The van der Waals surface area contributed by atoms with Crippen molar-refractivity contribution in [1.29, 1.82) is 0 Å². The van der Waals surface area contributed by atoms with Crippen LogP contribution in [-0.2, 0) is 17.5 Å². The Kier molecular flexibility index (Phi) is 5.26. The highest BCUT2D eigenvalue weighted by atomic mass is 35.5. The molecule has 0 fully saturated rings. The zero-order valence-electron chi connectivity index (χ0n) is 11.2. The van der Waals surface area contributed by atoms with Gasteiger partial charge in [0.15, 0.2) is 0 Å². The van der Waals surface area contributed by atoms with E-state index < -0.39 is 11.7 Å². The number of alkyl halides is 3. The summed E-state index contributed by atoms with van der Waals surface area (Å²) in [5.41, 5.74) is -0.119. The van der Waals surface area contributed by atoms with Crippen molar-refractivity contribution in [2.45, 2.75) is 12.7 Å². The van der Waals surface area contributed by atoms with Gasteiger partial charge in [0, 0.05) is 17.5 Å². The lowest BCUT2D eigenvalue weighted by Gasteiger charge is -2.07. The average molecular weight is 346 g/mol. The first-order chi connectivity index (χ1) is 10.3. The summed E-state index contributed by atoms with van der Waals surface area (Å²) in [4.78, 5) is 12.5. The molecule has 1 heterocycles. The summed E-state index contributed by atoms with van der Waals surface area (Å²) in [5.74, 6) is -0.329. The lowest BCUT2D eigenvalue weighted by Crippen LogP contribution is -2.20. The number of rotatable bonds is 4. The molecule has 2 rings (SSSR count). The molecule has 2 nitrogen and oxygen atoms in total. The summed E-state index contributed by atoms with van der Waals surface area (Å²) in [6.45, 7) is 0.159. The largest absolute Gasteiger partial charge is 0.416 e. The van der Waals surface area contributed by atoms with Crippen molar-refractivity contribution < 1.29 is 18.0 Å². The third-order valence-corrected chi connectivity index (χ3v) is 3.94. The first kappa shape index (κ1) is 16.6. The van der Waals surface area contributed by atoms with Crippen molar-refractivity contribution in [3.63, 3.8) is 0 Å². The Bertz CT molecular complexity index is 677. The molecule has 1 amide bonds. The van der Waals surface area contributed by atoms with E-state index in [2.05, 4.69) is 5.32 Å². The molecule has 0 saturated carbocycles. The Balaban J connectivity index is 1.87. The van der Waals surface area contributed by atoms with Crippen LogP contribution in [0.2, 0.25) is 4.34 Å². The molecule has 1 N–H and O–H groups in total. The van der Waals surface area contributed by atoms with Crippen molar-refractivity contribution in [3.05, 3.63) is 62.8 Å². The molecule has 0 saturated heterocycles. The second-order valence-electron chi connectivity index (χ2n) is 4.39. The van der Waals surface area contributed by atoms with Crippen LogP contribution in [-0.4, -0.2) is 5.91 Å². The summed E-state index contributed by atoms with van der Waals surface area (Å²) in [6, 6.07) is 8.17. The predicted molar refractivity (Wildman–Crippen MR) is 81.7 cm³/mol. The number of carbonyl (C=O) groups excluding carboxylic acids is 1. The fourth-order valence-electron chi connectivity index (χ4n) is 1.64. The quantitative estimate of drug-likeness (QED) is 0.796. The number of benzene rings is 1. The molecule has 1 aromatic heterocycles. The van der Waals surface area contributed by atoms with Crippen LogP contribution in [0.25, 0.3) is 6.08 Å². The minimum absolute atomic E-state index is 0.159. The van der Waals surface area contributed by atoms with Gasteiger partial charge in [-0.15, -0.1) is 11.3 Å². The maximum absolute atomic E-state index is 12.4. The van der Waals surface area contributed by atoms with Crippen molar-refractivity contribution >= 4 is 34.9 Å². The highest BCUT2D eigenvalue weighted by molar-refractivity contribution is 7.17. The van der Waals surface area contributed by atoms with E-state index in [0.29, 0.717) is 9.90 Å². The Morgan fingerprint density at radius 2 is 1.86 bits per heavy atom. The van der Waals surface area contributed by atoms with Gasteiger partial charge in [-0.1, -0.05) is 23.7 Å². The lowest BCUT2D eigenvalue weighted by molar-refractivity contribution is -0.137. The number of halogens is 4. The number of carbonyl (C=O) groups is 1. The van der Waals surface area contributed by atoms with Crippen molar-refractivity contribution in [2.24, 2.45) is 0 Å². The second-order valence-corrected chi connectivity index (χ2v) is 6.13. The maximum atomic E-state index is 12.4. The molecule has 0 atom stereocenters. The van der Waals surface area contributed by atoms with Gasteiger partial charge in [0.05, 0.1) is 9.90 Å². The van der Waals surface area contributed by atoms with Crippen LogP contribution in [0.1, 0.15) is 16.0 Å². The first-order valence-corrected chi connectivity index (χ1v) is 7.41. The van der Waals surface area contributed by atoms with Crippen LogP contribution >= 0.6 is 22.9 Å². The van der Waals surface area contributed by atoms with Gasteiger partial charge in [0.2, 0.25) is 5.91 Å².